The third-order valence-corrected chi connectivity index (χ3v) is 7.02. The Kier molecular flexibility index (Phi) is 10.9. The van der Waals surface area contributed by atoms with Crippen LogP contribution in [0.1, 0.15) is 0 Å². The number of carbonyl (C=O) groups is 2. The van der Waals surface area contributed by atoms with Crippen molar-refractivity contribution in [2.45, 2.75) is 4.90 Å². The summed E-state index contributed by atoms with van der Waals surface area (Å²) >= 11 is 6.75. The first-order chi connectivity index (χ1) is 17.6. The molecule has 0 radical (unpaired) electrons. The van der Waals surface area contributed by atoms with Gasteiger partial charge in [0.15, 0.2) is 17.4 Å². The molecule has 2 amide bonds. The minimum atomic E-state index is -0.927. The van der Waals surface area contributed by atoms with Crippen molar-refractivity contribution < 1.29 is 28.3 Å². The number of hydroxylamine groups is 1. The molecule has 1 heterocycles. The van der Waals surface area contributed by atoms with Crippen LogP contribution in [-0.4, -0.2) is 102 Å². The Hall–Kier alpha value is -2.48. The maximum absolute atomic E-state index is 14.7. The molecule has 202 valence electrons. The minimum absolute atomic E-state index is 0.0677. The Morgan fingerprint density at radius 1 is 1.11 bits per heavy atom. The second kappa shape index (κ2) is 13.9. The number of piperazine rings is 1. The van der Waals surface area contributed by atoms with Crippen LogP contribution in [0.3, 0.4) is 0 Å². The molecule has 9 nitrogen and oxygen atoms in total. The van der Waals surface area contributed by atoms with Gasteiger partial charge in [0.25, 0.3) is 5.91 Å². The van der Waals surface area contributed by atoms with Crippen LogP contribution in [0.4, 0.5) is 8.78 Å². The van der Waals surface area contributed by atoms with Gasteiger partial charge in [-0.15, -0.1) is 0 Å². The second-order valence-electron chi connectivity index (χ2n) is 8.66. The van der Waals surface area contributed by atoms with E-state index in [0.717, 1.165) is 50.3 Å². The number of likely N-dealkylation sites (N-methyl/N-ethyl adjacent to an activating group) is 2. The molecule has 3 rings (SSSR count). The minimum Gasteiger partial charge on any atom is -0.451 e. The van der Waals surface area contributed by atoms with E-state index in [2.05, 4.69) is 9.80 Å². The average molecular weight is 558 g/mol. The molecule has 37 heavy (non-hydrogen) atoms. The van der Waals surface area contributed by atoms with Gasteiger partial charge in [-0.05, 0) is 55.4 Å². The number of halogens is 3. The van der Waals surface area contributed by atoms with Crippen molar-refractivity contribution in [3.8, 4) is 11.5 Å². The van der Waals surface area contributed by atoms with E-state index in [9.17, 15) is 18.4 Å². The van der Waals surface area contributed by atoms with Gasteiger partial charge in [-0.3, -0.25) is 19.7 Å². The summed E-state index contributed by atoms with van der Waals surface area (Å²) in [6.45, 7) is 3.90. The van der Waals surface area contributed by atoms with Gasteiger partial charge in [-0.25, -0.2) is 18.6 Å². The van der Waals surface area contributed by atoms with Gasteiger partial charge < -0.3 is 14.5 Å². The van der Waals surface area contributed by atoms with E-state index < -0.39 is 23.3 Å². The van der Waals surface area contributed by atoms with Crippen LogP contribution >= 0.6 is 23.5 Å². The van der Waals surface area contributed by atoms with Gasteiger partial charge in [-0.1, -0.05) is 11.6 Å². The van der Waals surface area contributed by atoms with Gasteiger partial charge in [0.05, 0.1) is 13.1 Å². The lowest BCUT2D eigenvalue weighted by atomic mass is 10.3. The number of ether oxygens (including phenoxy) is 1. The third kappa shape index (κ3) is 9.09. The lowest BCUT2D eigenvalue weighted by Gasteiger charge is -2.33. The van der Waals surface area contributed by atoms with E-state index in [1.54, 1.807) is 17.4 Å². The number of hydrogen-bond donors (Lipinski definition) is 2. The first kappa shape index (κ1) is 29.1. The number of amides is 2. The molecule has 0 atom stereocenters. The Bertz CT molecular complexity index is 1050. The first-order valence-electron chi connectivity index (χ1n) is 11.6. The van der Waals surface area contributed by atoms with E-state index in [-0.39, 0.29) is 36.2 Å². The van der Waals surface area contributed by atoms with Crippen LogP contribution < -0.4 is 10.2 Å². The topological polar surface area (TPSA) is 88.6 Å². The Labute approximate surface area is 224 Å². The molecular weight excluding hydrogens is 528 g/mol. The molecule has 13 heteroatoms. The zero-order valence-electron chi connectivity index (χ0n) is 20.6. The van der Waals surface area contributed by atoms with Crippen molar-refractivity contribution in [2.24, 2.45) is 0 Å². The molecule has 0 aromatic heterocycles. The van der Waals surface area contributed by atoms with E-state index in [1.165, 1.54) is 28.6 Å². The number of nitrogens with zero attached hydrogens (tertiary/aromatic N) is 4. The lowest BCUT2D eigenvalue weighted by Crippen LogP contribution is -2.49. The fourth-order valence-corrected chi connectivity index (χ4v) is 4.60. The highest BCUT2D eigenvalue weighted by molar-refractivity contribution is 7.97. The predicted octanol–water partition coefficient (Wildman–Crippen LogP) is 2.93. The molecule has 2 aromatic rings. The zero-order chi connectivity index (χ0) is 26.9. The number of rotatable bonds is 11. The fraction of sp³-hybridized carbons (Fsp3) is 0.417. The van der Waals surface area contributed by atoms with Crippen LogP contribution in [0.5, 0.6) is 11.5 Å². The molecule has 1 saturated heterocycles. The van der Waals surface area contributed by atoms with Gasteiger partial charge in [-0.2, -0.15) is 0 Å². The highest BCUT2D eigenvalue weighted by Gasteiger charge is 2.21. The largest absolute Gasteiger partial charge is 0.451 e. The molecule has 1 aliphatic heterocycles. The van der Waals surface area contributed by atoms with Crippen molar-refractivity contribution in [3.63, 3.8) is 0 Å². The summed E-state index contributed by atoms with van der Waals surface area (Å²) in [4.78, 5) is 30.5. The Morgan fingerprint density at radius 3 is 2.32 bits per heavy atom. The maximum Gasteiger partial charge on any atom is 0.258 e. The van der Waals surface area contributed by atoms with Crippen LogP contribution in [0.2, 0.25) is 5.02 Å². The Balaban J connectivity index is 1.62. The van der Waals surface area contributed by atoms with Crippen molar-refractivity contribution in [3.05, 3.63) is 53.1 Å². The molecule has 0 unspecified atom stereocenters. The summed E-state index contributed by atoms with van der Waals surface area (Å²) in [6, 6.07) is 8.22. The summed E-state index contributed by atoms with van der Waals surface area (Å²) in [5, 5.41) is 9.40. The average Bonchev–Trinajstić information content (AvgIpc) is 2.87. The van der Waals surface area contributed by atoms with E-state index in [4.69, 9.17) is 21.5 Å². The van der Waals surface area contributed by atoms with Gasteiger partial charge in [0.1, 0.15) is 5.75 Å². The van der Waals surface area contributed by atoms with E-state index in [0.29, 0.717) is 11.6 Å². The Morgan fingerprint density at radius 2 is 1.73 bits per heavy atom. The molecular formula is C24H30ClF2N5O4S. The molecule has 2 aromatic carbocycles. The number of benzene rings is 2. The monoisotopic (exact) mass is 557 g/mol. The SMILES string of the molecule is CN1CCN(CC(=O)N(C)CCN(CC(=O)NO)Sc2cc(F)c(Oc3ccc(Cl)cc3)c(F)c2)CC1. The van der Waals surface area contributed by atoms with Crippen molar-refractivity contribution >= 4 is 35.4 Å². The molecule has 0 bridgehead atoms. The molecule has 1 aliphatic rings. The van der Waals surface area contributed by atoms with Crippen LogP contribution in [-0.2, 0) is 9.59 Å². The zero-order valence-corrected chi connectivity index (χ0v) is 22.2. The van der Waals surface area contributed by atoms with Gasteiger partial charge in [0.2, 0.25) is 5.91 Å². The lowest BCUT2D eigenvalue weighted by molar-refractivity contribution is -0.131. The van der Waals surface area contributed by atoms with Gasteiger partial charge >= 0.3 is 0 Å². The first-order valence-corrected chi connectivity index (χ1v) is 12.7. The van der Waals surface area contributed by atoms with E-state index in [1.807, 2.05) is 7.05 Å². The number of nitrogens with one attached hydrogen (secondary N) is 1. The molecule has 1 fully saturated rings. The highest BCUT2D eigenvalue weighted by atomic mass is 35.5. The quantitative estimate of drug-likeness (QED) is 0.248. The van der Waals surface area contributed by atoms with Crippen molar-refractivity contribution in [2.75, 3.05) is 66.5 Å². The standard InChI is InChI=1S/C24H30ClF2N5O4S/c1-29-7-10-31(11-8-29)16-23(34)30(2)9-12-32(15-22(33)28-35)37-19-13-20(26)24(21(27)14-19)36-18-5-3-17(25)4-6-18/h3-6,13-14,35H,7-12,15-16H2,1-2H3,(H,28,33). The second-order valence-corrected chi connectivity index (χ2v) is 10.3. The van der Waals surface area contributed by atoms with Crippen molar-refractivity contribution in [1.82, 2.24) is 24.5 Å². The smallest absolute Gasteiger partial charge is 0.258 e. The van der Waals surface area contributed by atoms with Gasteiger partial charge in [0, 0.05) is 56.2 Å². The summed E-state index contributed by atoms with van der Waals surface area (Å²) in [6.07, 6.45) is 0. The third-order valence-electron chi connectivity index (χ3n) is 5.75. The maximum atomic E-state index is 14.7. The number of hydrogen-bond acceptors (Lipinski definition) is 8. The number of carbonyl (C=O) groups excluding carboxylic acids is 2. The molecule has 0 saturated carbocycles. The summed E-state index contributed by atoms with van der Waals surface area (Å²) < 4.78 is 36.3. The highest BCUT2D eigenvalue weighted by Crippen LogP contribution is 2.33. The molecule has 2 N–H and O–H groups in total. The summed E-state index contributed by atoms with van der Waals surface area (Å²) in [5.41, 5.74) is 1.55. The van der Waals surface area contributed by atoms with Crippen LogP contribution in [0, 0.1) is 11.6 Å². The van der Waals surface area contributed by atoms with Crippen LogP contribution in [0.15, 0.2) is 41.3 Å². The predicted molar refractivity (Wildman–Crippen MR) is 137 cm³/mol. The normalized spacial score (nSPS) is 14.6. The summed E-state index contributed by atoms with van der Waals surface area (Å²) in [7, 11) is 3.70. The van der Waals surface area contributed by atoms with Crippen molar-refractivity contribution in [1.29, 1.82) is 0 Å². The fourth-order valence-electron chi connectivity index (χ4n) is 3.51. The molecule has 0 spiro atoms. The molecule has 0 aliphatic carbocycles. The van der Waals surface area contributed by atoms with E-state index >= 15 is 0 Å². The van der Waals surface area contributed by atoms with Crippen LogP contribution in [0.25, 0.3) is 0 Å². The summed E-state index contributed by atoms with van der Waals surface area (Å²) in [5.74, 6) is -2.98.